The standard InChI is InChI=1S/C18H14ClN5O3/c1-9-14(11-3-5-12(19)6-4-11)16-21-20-15-13(24(16)22-9)7-8-23(17(15)25)10(2)18(26)27/h3-8,10H,1-2H3,(H,26,27)/t10-/m0/s1. The van der Waals surface area contributed by atoms with Crippen molar-refractivity contribution in [3.63, 3.8) is 0 Å². The second-order valence-corrected chi connectivity index (χ2v) is 6.62. The molecule has 0 aliphatic heterocycles. The lowest BCUT2D eigenvalue weighted by atomic mass is 10.1. The van der Waals surface area contributed by atoms with Gasteiger partial charge in [0.15, 0.2) is 11.2 Å². The number of aryl methyl sites for hydroxylation is 1. The van der Waals surface area contributed by atoms with Crippen molar-refractivity contribution in [2.45, 2.75) is 19.9 Å². The Morgan fingerprint density at radius 2 is 1.89 bits per heavy atom. The molecule has 3 heterocycles. The average molecular weight is 384 g/mol. The van der Waals surface area contributed by atoms with Crippen LogP contribution in [0.15, 0.2) is 41.3 Å². The first kappa shape index (κ1) is 17.2. The van der Waals surface area contributed by atoms with Crippen molar-refractivity contribution in [2.75, 3.05) is 0 Å². The number of benzene rings is 1. The van der Waals surface area contributed by atoms with Crippen molar-refractivity contribution >= 4 is 34.3 Å². The van der Waals surface area contributed by atoms with Crippen LogP contribution in [0.1, 0.15) is 18.7 Å². The van der Waals surface area contributed by atoms with Crippen LogP contribution < -0.4 is 5.56 Å². The molecule has 4 aromatic rings. The maximum atomic E-state index is 12.7. The maximum absolute atomic E-state index is 12.7. The number of carboxylic acid groups (broad SMARTS) is 1. The number of carboxylic acids is 1. The first-order valence-corrected chi connectivity index (χ1v) is 8.52. The van der Waals surface area contributed by atoms with Crippen LogP contribution in [-0.2, 0) is 4.79 Å². The Kier molecular flexibility index (Phi) is 3.92. The number of pyridine rings is 1. The summed E-state index contributed by atoms with van der Waals surface area (Å²) in [4.78, 5) is 23.9. The van der Waals surface area contributed by atoms with Gasteiger partial charge in [0, 0.05) is 11.2 Å². The van der Waals surface area contributed by atoms with E-state index in [4.69, 9.17) is 16.7 Å². The lowest BCUT2D eigenvalue weighted by Crippen LogP contribution is -2.28. The fourth-order valence-corrected chi connectivity index (χ4v) is 3.17. The molecule has 0 aliphatic rings. The molecule has 0 saturated carbocycles. The van der Waals surface area contributed by atoms with Gasteiger partial charge in [0.2, 0.25) is 0 Å². The first-order valence-electron chi connectivity index (χ1n) is 8.14. The van der Waals surface area contributed by atoms with E-state index in [1.807, 2.05) is 19.1 Å². The van der Waals surface area contributed by atoms with Gasteiger partial charge in [-0.1, -0.05) is 23.7 Å². The molecule has 4 rings (SSSR count). The lowest BCUT2D eigenvalue weighted by Gasteiger charge is -2.11. The van der Waals surface area contributed by atoms with E-state index >= 15 is 0 Å². The molecule has 8 nitrogen and oxygen atoms in total. The second-order valence-electron chi connectivity index (χ2n) is 6.18. The highest BCUT2D eigenvalue weighted by atomic mass is 35.5. The number of aliphatic carboxylic acids is 1. The highest BCUT2D eigenvalue weighted by molar-refractivity contribution is 6.30. The second kappa shape index (κ2) is 6.17. The van der Waals surface area contributed by atoms with Crippen molar-refractivity contribution in [2.24, 2.45) is 0 Å². The molecule has 3 aromatic heterocycles. The van der Waals surface area contributed by atoms with E-state index in [0.717, 1.165) is 21.4 Å². The Morgan fingerprint density at radius 3 is 2.56 bits per heavy atom. The summed E-state index contributed by atoms with van der Waals surface area (Å²) >= 11 is 5.96. The number of rotatable bonds is 3. The molecule has 1 atom stereocenters. The molecule has 1 N–H and O–H groups in total. The molecular weight excluding hydrogens is 370 g/mol. The third-order valence-corrected chi connectivity index (χ3v) is 4.74. The Morgan fingerprint density at radius 1 is 1.19 bits per heavy atom. The minimum Gasteiger partial charge on any atom is -0.480 e. The van der Waals surface area contributed by atoms with Gasteiger partial charge >= 0.3 is 5.97 Å². The Balaban J connectivity index is 1.99. The number of halogens is 1. The van der Waals surface area contributed by atoms with E-state index in [-0.39, 0.29) is 5.52 Å². The normalized spacial score (nSPS) is 12.6. The predicted octanol–water partition coefficient (Wildman–Crippen LogP) is 2.71. The lowest BCUT2D eigenvalue weighted by molar-refractivity contribution is -0.140. The summed E-state index contributed by atoms with van der Waals surface area (Å²) in [6, 6.07) is 7.90. The van der Waals surface area contributed by atoms with E-state index in [1.165, 1.54) is 13.1 Å². The molecule has 0 bridgehead atoms. The summed E-state index contributed by atoms with van der Waals surface area (Å²) < 4.78 is 2.67. The zero-order valence-electron chi connectivity index (χ0n) is 14.4. The van der Waals surface area contributed by atoms with Gasteiger partial charge in [-0.25, -0.2) is 9.31 Å². The highest BCUT2D eigenvalue weighted by Crippen LogP contribution is 2.29. The third kappa shape index (κ3) is 2.65. The highest BCUT2D eigenvalue weighted by Gasteiger charge is 2.20. The van der Waals surface area contributed by atoms with Crippen molar-refractivity contribution in [1.82, 2.24) is 24.4 Å². The molecule has 0 unspecified atom stereocenters. The van der Waals surface area contributed by atoms with Crippen LogP contribution in [0.2, 0.25) is 5.02 Å². The van der Waals surface area contributed by atoms with E-state index in [9.17, 15) is 9.59 Å². The molecule has 9 heteroatoms. The van der Waals surface area contributed by atoms with Crippen molar-refractivity contribution in [3.05, 3.63) is 57.6 Å². The molecule has 0 fully saturated rings. The maximum Gasteiger partial charge on any atom is 0.326 e. The van der Waals surface area contributed by atoms with Crippen molar-refractivity contribution in [3.8, 4) is 11.1 Å². The van der Waals surface area contributed by atoms with Crippen molar-refractivity contribution < 1.29 is 9.90 Å². The minimum absolute atomic E-state index is 0.0586. The Labute approximate surface area is 157 Å². The molecule has 136 valence electrons. The van der Waals surface area contributed by atoms with Crippen molar-refractivity contribution in [1.29, 1.82) is 0 Å². The van der Waals surface area contributed by atoms with E-state index < -0.39 is 17.6 Å². The summed E-state index contributed by atoms with van der Waals surface area (Å²) in [5.41, 5.74) is 2.90. The Hall–Kier alpha value is -3.26. The van der Waals surface area contributed by atoms with Crippen LogP contribution in [0, 0.1) is 6.92 Å². The summed E-state index contributed by atoms with van der Waals surface area (Å²) in [5, 5.41) is 22.6. The summed E-state index contributed by atoms with van der Waals surface area (Å²) in [7, 11) is 0. The predicted molar refractivity (Wildman–Crippen MR) is 100 cm³/mol. The average Bonchev–Trinajstić information content (AvgIpc) is 2.98. The van der Waals surface area contributed by atoms with E-state index in [2.05, 4.69) is 15.3 Å². The van der Waals surface area contributed by atoms with Gasteiger partial charge in [0.1, 0.15) is 11.6 Å². The third-order valence-electron chi connectivity index (χ3n) is 4.49. The molecule has 0 saturated heterocycles. The Bertz CT molecular complexity index is 1260. The van der Waals surface area contributed by atoms with Crippen LogP contribution in [0.5, 0.6) is 0 Å². The monoisotopic (exact) mass is 383 g/mol. The van der Waals surface area contributed by atoms with E-state index in [0.29, 0.717) is 16.2 Å². The van der Waals surface area contributed by atoms with Crippen LogP contribution in [0.4, 0.5) is 0 Å². The molecule has 0 aliphatic carbocycles. The topological polar surface area (TPSA) is 102 Å². The summed E-state index contributed by atoms with van der Waals surface area (Å²) in [6.45, 7) is 3.27. The number of nitrogens with zero attached hydrogens (tertiary/aromatic N) is 5. The van der Waals surface area contributed by atoms with Gasteiger partial charge in [0.25, 0.3) is 5.56 Å². The molecule has 0 amide bonds. The summed E-state index contributed by atoms with van der Waals surface area (Å²) in [6.07, 6.45) is 1.43. The van der Waals surface area contributed by atoms with Gasteiger partial charge in [0.05, 0.1) is 11.3 Å². The van der Waals surface area contributed by atoms with Crippen LogP contribution in [-0.4, -0.2) is 35.5 Å². The van der Waals surface area contributed by atoms with Gasteiger partial charge in [-0.05, 0) is 37.6 Å². The zero-order valence-corrected chi connectivity index (χ0v) is 15.2. The number of aromatic nitrogens is 5. The quantitative estimate of drug-likeness (QED) is 0.583. The number of fused-ring (bicyclic) bond motifs is 3. The molecular formula is C18H14ClN5O3. The molecule has 0 spiro atoms. The van der Waals surface area contributed by atoms with Crippen LogP contribution in [0.3, 0.4) is 0 Å². The SMILES string of the molecule is Cc1nn2c(nnc3c(=O)n([C@@H](C)C(=O)O)ccc32)c1-c1ccc(Cl)cc1. The van der Waals surface area contributed by atoms with Gasteiger partial charge in [-0.2, -0.15) is 5.10 Å². The molecule has 0 radical (unpaired) electrons. The molecule has 1 aromatic carbocycles. The fraction of sp³-hybridized carbons (Fsp3) is 0.167. The van der Waals surface area contributed by atoms with Gasteiger partial charge in [-0.15, -0.1) is 10.2 Å². The van der Waals surface area contributed by atoms with Crippen LogP contribution >= 0.6 is 11.6 Å². The molecule has 27 heavy (non-hydrogen) atoms. The largest absolute Gasteiger partial charge is 0.480 e. The first-order chi connectivity index (χ1) is 12.9. The fourth-order valence-electron chi connectivity index (χ4n) is 3.05. The number of carbonyl (C=O) groups is 1. The smallest absolute Gasteiger partial charge is 0.326 e. The van der Waals surface area contributed by atoms with Gasteiger partial charge < -0.3 is 5.11 Å². The zero-order chi connectivity index (χ0) is 19.3. The van der Waals surface area contributed by atoms with Crippen LogP contribution in [0.25, 0.3) is 27.8 Å². The summed E-state index contributed by atoms with van der Waals surface area (Å²) in [5.74, 6) is -1.11. The number of hydrogen-bond donors (Lipinski definition) is 1. The van der Waals surface area contributed by atoms with Gasteiger partial charge in [-0.3, -0.25) is 9.36 Å². The number of hydrogen-bond acceptors (Lipinski definition) is 5. The minimum atomic E-state index is -1.11. The van der Waals surface area contributed by atoms with E-state index in [1.54, 1.807) is 22.7 Å².